The Bertz CT molecular complexity index is 221. The Hall–Kier alpha value is -0.790. The van der Waals surface area contributed by atoms with Gasteiger partial charge in [-0.25, -0.2) is 0 Å². The van der Waals surface area contributed by atoms with Gasteiger partial charge < -0.3 is 5.11 Å². The van der Waals surface area contributed by atoms with Gasteiger partial charge in [-0.1, -0.05) is 44.3 Å². The molecule has 0 aromatic heterocycles. The lowest BCUT2D eigenvalue weighted by atomic mass is 10.00. The van der Waals surface area contributed by atoms with Crippen molar-refractivity contribution >= 4 is 5.97 Å². The SMILES string of the molecule is O=C(O)CCCCCCCC[C@@H]1C=CCC1. The van der Waals surface area contributed by atoms with Crippen LogP contribution in [0.4, 0.5) is 0 Å². The predicted octanol–water partition coefficient (Wildman–Crippen LogP) is 4.16. The molecule has 2 heteroatoms. The van der Waals surface area contributed by atoms with Crippen LogP contribution in [0.25, 0.3) is 0 Å². The van der Waals surface area contributed by atoms with E-state index in [2.05, 4.69) is 12.2 Å². The number of aliphatic carboxylic acids is 1. The lowest BCUT2D eigenvalue weighted by Crippen LogP contribution is -1.94. The number of carbonyl (C=O) groups is 1. The van der Waals surface area contributed by atoms with Crippen molar-refractivity contribution in [1.29, 1.82) is 0 Å². The number of carboxylic acid groups (broad SMARTS) is 1. The van der Waals surface area contributed by atoms with Gasteiger partial charge in [-0.15, -0.1) is 0 Å². The highest BCUT2D eigenvalue weighted by Gasteiger charge is 2.07. The normalized spacial score (nSPS) is 19.1. The maximum atomic E-state index is 10.3. The van der Waals surface area contributed by atoms with Crippen LogP contribution in [0.5, 0.6) is 0 Å². The molecule has 0 bridgehead atoms. The quantitative estimate of drug-likeness (QED) is 0.471. The van der Waals surface area contributed by atoms with Crippen LogP contribution >= 0.6 is 0 Å². The first-order chi connectivity index (χ1) is 7.79. The fourth-order valence-corrected chi connectivity index (χ4v) is 2.33. The van der Waals surface area contributed by atoms with Crippen molar-refractivity contribution in [3.63, 3.8) is 0 Å². The third kappa shape index (κ3) is 6.65. The minimum atomic E-state index is -0.659. The van der Waals surface area contributed by atoms with Gasteiger partial charge in [0.1, 0.15) is 0 Å². The molecule has 1 atom stereocenters. The number of allylic oxidation sites excluding steroid dienone is 2. The van der Waals surface area contributed by atoms with Gasteiger partial charge in [0.25, 0.3) is 0 Å². The highest BCUT2D eigenvalue weighted by atomic mass is 16.4. The Morgan fingerprint density at radius 1 is 1.12 bits per heavy atom. The van der Waals surface area contributed by atoms with Crippen LogP contribution in [0.2, 0.25) is 0 Å². The standard InChI is InChI=1S/C14H24O2/c15-14(16)12-6-4-2-1-3-5-9-13-10-7-8-11-13/h7,10,13H,1-6,8-9,11-12H2,(H,15,16)/t13-/m1/s1. The number of unbranched alkanes of at least 4 members (excludes halogenated alkanes) is 5. The molecule has 0 saturated carbocycles. The van der Waals surface area contributed by atoms with Crippen LogP contribution in [0.1, 0.15) is 64.2 Å². The van der Waals surface area contributed by atoms with Gasteiger partial charge in [-0.05, 0) is 31.6 Å². The van der Waals surface area contributed by atoms with Gasteiger partial charge in [0, 0.05) is 6.42 Å². The minimum absolute atomic E-state index is 0.340. The van der Waals surface area contributed by atoms with Crippen molar-refractivity contribution in [2.75, 3.05) is 0 Å². The molecule has 2 nitrogen and oxygen atoms in total. The van der Waals surface area contributed by atoms with E-state index in [4.69, 9.17) is 5.11 Å². The maximum absolute atomic E-state index is 10.3. The van der Waals surface area contributed by atoms with Crippen molar-refractivity contribution < 1.29 is 9.90 Å². The van der Waals surface area contributed by atoms with E-state index in [1.807, 2.05) is 0 Å². The zero-order chi connectivity index (χ0) is 11.6. The van der Waals surface area contributed by atoms with E-state index in [0.717, 1.165) is 18.8 Å². The fourth-order valence-electron chi connectivity index (χ4n) is 2.33. The summed E-state index contributed by atoms with van der Waals surface area (Å²) in [6.07, 6.45) is 16.1. The fraction of sp³-hybridized carbons (Fsp3) is 0.786. The van der Waals surface area contributed by atoms with Crippen molar-refractivity contribution in [2.45, 2.75) is 64.2 Å². The second kappa shape index (κ2) is 8.37. The van der Waals surface area contributed by atoms with E-state index in [9.17, 15) is 4.79 Å². The molecule has 0 amide bonds. The second-order valence-electron chi connectivity index (χ2n) is 4.82. The summed E-state index contributed by atoms with van der Waals surface area (Å²) in [4.78, 5) is 10.3. The Morgan fingerprint density at radius 2 is 1.81 bits per heavy atom. The zero-order valence-electron chi connectivity index (χ0n) is 10.2. The molecule has 0 heterocycles. The average Bonchev–Trinajstić information content (AvgIpc) is 2.74. The number of hydrogen-bond acceptors (Lipinski definition) is 1. The molecule has 1 rings (SSSR count). The number of carboxylic acids is 1. The molecule has 1 aliphatic rings. The summed E-state index contributed by atoms with van der Waals surface area (Å²) >= 11 is 0. The number of rotatable bonds is 9. The zero-order valence-corrected chi connectivity index (χ0v) is 10.2. The first-order valence-electron chi connectivity index (χ1n) is 6.67. The minimum Gasteiger partial charge on any atom is -0.481 e. The summed E-state index contributed by atoms with van der Waals surface area (Å²) in [6.45, 7) is 0. The van der Waals surface area contributed by atoms with Crippen LogP contribution in [0, 0.1) is 5.92 Å². The van der Waals surface area contributed by atoms with E-state index in [0.29, 0.717) is 6.42 Å². The second-order valence-corrected chi connectivity index (χ2v) is 4.82. The average molecular weight is 224 g/mol. The predicted molar refractivity (Wildman–Crippen MR) is 66.4 cm³/mol. The van der Waals surface area contributed by atoms with Gasteiger partial charge >= 0.3 is 5.97 Å². The van der Waals surface area contributed by atoms with E-state index >= 15 is 0 Å². The molecule has 0 aromatic rings. The molecule has 0 aliphatic heterocycles. The Balaban J connectivity index is 1.77. The molecule has 0 saturated heterocycles. The molecule has 0 spiro atoms. The summed E-state index contributed by atoms with van der Waals surface area (Å²) in [5.74, 6) is 0.194. The van der Waals surface area contributed by atoms with Gasteiger partial charge in [-0.2, -0.15) is 0 Å². The highest BCUT2D eigenvalue weighted by Crippen LogP contribution is 2.23. The molecule has 92 valence electrons. The summed E-state index contributed by atoms with van der Waals surface area (Å²) in [7, 11) is 0. The molecule has 0 aromatic carbocycles. The Morgan fingerprint density at radius 3 is 2.44 bits per heavy atom. The van der Waals surface area contributed by atoms with Gasteiger partial charge in [0.05, 0.1) is 0 Å². The Labute approximate surface area is 98.7 Å². The molecular weight excluding hydrogens is 200 g/mol. The van der Waals surface area contributed by atoms with Crippen molar-refractivity contribution in [3.05, 3.63) is 12.2 Å². The molecule has 1 N–H and O–H groups in total. The number of hydrogen-bond donors (Lipinski definition) is 1. The summed E-state index contributed by atoms with van der Waals surface area (Å²) in [5.41, 5.74) is 0. The molecule has 0 radical (unpaired) electrons. The van der Waals surface area contributed by atoms with Gasteiger partial charge in [-0.3, -0.25) is 4.79 Å². The maximum Gasteiger partial charge on any atom is 0.303 e. The molecule has 16 heavy (non-hydrogen) atoms. The summed E-state index contributed by atoms with van der Waals surface area (Å²) in [6, 6.07) is 0. The lowest BCUT2D eigenvalue weighted by molar-refractivity contribution is -0.137. The largest absolute Gasteiger partial charge is 0.481 e. The Kier molecular flexibility index (Phi) is 6.95. The van der Waals surface area contributed by atoms with Crippen LogP contribution in [-0.2, 0) is 4.79 Å². The van der Waals surface area contributed by atoms with E-state index < -0.39 is 5.97 Å². The van der Waals surface area contributed by atoms with E-state index in [1.54, 1.807) is 0 Å². The summed E-state index contributed by atoms with van der Waals surface area (Å²) < 4.78 is 0. The third-order valence-electron chi connectivity index (χ3n) is 3.33. The van der Waals surface area contributed by atoms with Crippen LogP contribution in [0.15, 0.2) is 12.2 Å². The van der Waals surface area contributed by atoms with Gasteiger partial charge in [0.2, 0.25) is 0 Å². The first-order valence-corrected chi connectivity index (χ1v) is 6.67. The highest BCUT2D eigenvalue weighted by molar-refractivity contribution is 5.66. The van der Waals surface area contributed by atoms with Crippen LogP contribution in [0.3, 0.4) is 0 Å². The van der Waals surface area contributed by atoms with Crippen molar-refractivity contribution in [3.8, 4) is 0 Å². The van der Waals surface area contributed by atoms with Crippen LogP contribution in [-0.4, -0.2) is 11.1 Å². The van der Waals surface area contributed by atoms with Crippen LogP contribution < -0.4 is 0 Å². The van der Waals surface area contributed by atoms with Crippen molar-refractivity contribution in [2.24, 2.45) is 5.92 Å². The molecule has 0 fully saturated rings. The molecular formula is C14H24O2. The van der Waals surface area contributed by atoms with E-state index in [-0.39, 0.29) is 0 Å². The molecule has 0 unspecified atom stereocenters. The topological polar surface area (TPSA) is 37.3 Å². The van der Waals surface area contributed by atoms with E-state index in [1.165, 1.54) is 44.9 Å². The smallest absolute Gasteiger partial charge is 0.303 e. The third-order valence-corrected chi connectivity index (χ3v) is 3.33. The monoisotopic (exact) mass is 224 g/mol. The molecule has 1 aliphatic carbocycles. The van der Waals surface area contributed by atoms with Crippen molar-refractivity contribution in [1.82, 2.24) is 0 Å². The first kappa shape index (κ1) is 13.3. The summed E-state index contributed by atoms with van der Waals surface area (Å²) in [5, 5.41) is 8.47. The van der Waals surface area contributed by atoms with Gasteiger partial charge in [0.15, 0.2) is 0 Å². The lowest BCUT2D eigenvalue weighted by Gasteiger charge is -2.06.